The second-order valence-electron chi connectivity index (χ2n) is 8.26. The maximum atomic E-state index is 13.6. The second kappa shape index (κ2) is 7.32. The van der Waals surface area contributed by atoms with Crippen LogP contribution in [-0.2, 0) is 31.4 Å². The third-order valence-electron chi connectivity index (χ3n) is 6.12. The van der Waals surface area contributed by atoms with Gasteiger partial charge in [0.1, 0.15) is 24.0 Å². The molecule has 1 fully saturated rings. The van der Waals surface area contributed by atoms with E-state index in [0.29, 0.717) is 17.8 Å². The monoisotopic (exact) mass is 409 g/mol. The van der Waals surface area contributed by atoms with Gasteiger partial charge in [0.2, 0.25) is 5.91 Å². The second-order valence-corrected chi connectivity index (χ2v) is 8.26. The van der Waals surface area contributed by atoms with Gasteiger partial charge in [-0.05, 0) is 25.0 Å². The van der Waals surface area contributed by atoms with Crippen molar-refractivity contribution in [1.29, 1.82) is 0 Å². The molecule has 0 atom stereocenters. The molecule has 30 heavy (non-hydrogen) atoms. The molecule has 4 heterocycles. The Labute approximate surface area is 173 Å². The van der Waals surface area contributed by atoms with Crippen molar-refractivity contribution in [2.45, 2.75) is 37.9 Å². The molecule has 8 nitrogen and oxygen atoms in total. The molecule has 5 rings (SSSR count). The first-order valence-corrected chi connectivity index (χ1v) is 10.2. The van der Waals surface area contributed by atoms with Crippen molar-refractivity contribution >= 4 is 5.91 Å². The number of hydrogen-bond acceptors (Lipinski definition) is 5. The first-order chi connectivity index (χ1) is 14.5. The van der Waals surface area contributed by atoms with Gasteiger partial charge in [-0.3, -0.25) is 9.69 Å². The van der Waals surface area contributed by atoms with Crippen molar-refractivity contribution < 1.29 is 9.18 Å². The lowest BCUT2D eigenvalue weighted by molar-refractivity contribution is -0.123. The minimum atomic E-state index is -0.327. The van der Waals surface area contributed by atoms with Gasteiger partial charge in [0.25, 0.3) is 0 Å². The van der Waals surface area contributed by atoms with E-state index in [1.807, 2.05) is 24.0 Å². The molecule has 0 unspecified atom stereocenters. The minimum Gasteiger partial charge on any atom is -0.349 e. The molecule has 2 aromatic heterocycles. The maximum Gasteiger partial charge on any atom is 0.242 e. The summed E-state index contributed by atoms with van der Waals surface area (Å²) in [5.41, 5.74) is 0.297. The Balaban J connectivity index is 1.34. The van der Waals surface area contributed by atoms with E-state index in [1.165, 1.54) is 12.1 Å². The molecule has 1 spiro atoms. The zero-order valence-electron chi connectivity index (χ0n) is 16.9. The molecule has 0 aliphatic carbocycles. The highest BCUT2D eigenvalue weighted by Gasteiger charge is 2.40. The fourth-order valence-corrected chi connectivity index (χ4v) is 4.39. The Kier molecular flexibility index (Phi) is 4.62. The van der Waals surface area contributed by atoms with Crippen LogP contribution in [0.15, 0.2) is 36.7 Å². The molecular formula is C21H24FN7O. The van der Waals surface area contributed by atoms with Gasteiger partial charge in [0, 0.05) is 50.1 Å². The topological polar surface area (TPSA) is 80.9 Å². The Hall–Kier alpha value is -3.07. The number of hydrogen-bond donors (Lipinski definition) is 1. The number of nitrogens with zero attached hydrogens (tertiary/aromatic N) is 6. The molecule has 1 aromatic carbocycles. The molecule has 2 aliphatic heterocycles. The van der Waals surface area contributed by atoms with Crippen molar-refractivity contribution in [1.82, 2.24) is 34.5 Å². The van der Waals surface area contributed by atoms with E-state index >= 15 is 0 Å². The summed E-state index contributed by atoms with van der Waals surface area (Å²) in [6.07, 6.45) is 6.07. The number of likely N-dealkylation sites (tertiary alicyclic amines) is 1. The number of aryl methyl sites for hydroxylation is 1. The molecule has 156 valence electrons. The number of nitrogens with one attached hydrogen (secondary N) is 1. The molecule has 1 N–H and O–H groups in total. The van der Waals surface area contributed by atoms with Crippen molar-refractivity contribution in [2.24, 2.45) is 7.05 Å². The molecule has 1 saturated heterocycles. The largest absolute Gasteiger partial charge is 0.349 e. The average molecular weight is 409 g/mol. The highest BCUT2D eigenvalue weighted by molar-refractivity contribution is 5.77. The minimum absolute atomic E-state index is 0.0537. The highest BCUT2D eigenvalue weighted by atomic mass is 19.1. The number of imidazole rings is 1. The molecular weight excluding hydrogens is 385 g/mol. The summed E-state index contributed by atoms with van der Waals surface area (Å²) >= 11 is 0. The molecule has 0 saturated carbocycles. The number of halogens is 1. The number of piperidine rings is 1. The van der Waals surface area contributed by atoms with E-state index in [0.717, 1.165) is 44.1 Å². The summed E-state index contributed by atoms with van der Waals surface area (Å²) in [6.45, 7) is 2.68. The first kappa shape index (κ1) is 18.9. The van der Waals surface area contributed by atoms with Gasteiger partial charge in [-0.15, -0.1) is 0 Å². The first-order valence-electron chi connectivity index (χ1n) is 10.2. The zero-order chi connectivity index (χ0) is 20.7. The summed E-state index contributed by atoms with van der Waals surface area (Å²) in [6, 6.07) is 6.24. The summed E-state index contributed by atoms with van der Waals surface area (Å²) < 4.78 is 17.3. The SMILES string of the molecule is Cn1ccnc1CN1CCC2(CC1)Cc1nc(-c3cccc(F)c3)nn1CC(=O)N2. The fraction of sp³-hybridized carbons (Fsp3) is 0.429. The van der Waals surface area contributed by atoms with Crippen LogP contribution in [0.25, 0.3) is 11.4 Å². The summed E-state index contributed by atoms with van der Waals surface area (Å²) in [5.74, 6) is 1.89. The standard InChI is InChI=1S/C21H24FN7O/c1-27-10-7-23-18(27)13-28-8-5-21(6-9-28)12-17-24-20(15-3-2-4-16(22)11-15)26-29(17)14-19(30)25-21/h2-4,7,10-11H,5-6,8-9,12-14H2,1H3,(H,25,30). The summed E-state index contributed by atoms with van der Waals surface area (Å²) in [5, 5.41) is 7.72. The highest BCUT2D eigenvalue weighted by Crippen LogP contribution is 2.29. The van der Waals surface area contributed by atoms with Crippen LogP contribution in [0.2, 0.25) is 0 Å². The molecule has 0 bridgehead atoms. The molecule has 3 aromatic rings. The van der Waals surface area contributed by atoms with Crippen LogP contribution in [0.3, 0.4) is 0 Å². The quantitative estimate of drug-likeness (QED) is 0.710. The number of benzene rings is 1. The van der Waals surface area contributed by atoms with Gasteiger partial charge in [-0.1, -0.05) is 12.1 Å². The number of rotatable bonds is 3. The Morgan fingerprint density at radius 1 is 1.27 bits per heavy atom. The van der Waals surface area contributed by atoms with Crippen molar-refractivity contribution in [3.8, 4) is 11.4 Å². The predicted octanol–water partition coefficient (Wildman–Crippen LogP) is 1.52. The number of fused-ring (bicyclic) bond motifs is 1. The lowest BCUT2D eigenvalue weighted by atomic mass is 9.84. The molecule has 0 radical (unpaired) electrons. The van der Waals surface area contributed by atoms with Crippen LogP contribution in [0, 0.1) is 5.82 Å². The maximum absolute atomic E-state index is 13.6. The van der Waals surface area contributed by atoms with Crippen LogP contribution < -0.4 is 5.32 Å². The van der Waals surface area contributed by atoms with Gasteiger partial charge in [0.05, 0.1) is 6.54 Å². The van der Waals surface area contributed by atoms with E-state index < -0.39 is 0 Å². The van der Waals surface area contributed by atoms with E-state index in [1.54, 1.807) is 16.8 Å². The molecule has 2 aliphatic rings. The van der Waals surface area contributed by atoms with Crippen LogP contribution in [0.4, 0.5) is 4.39 Å². The summed E-state index contributed by atoms with van der Waals surface area (Å²) in [4.78, 5) is 24.1. The Morgan fingerprint density at radius 3 is 2.83 bits per heavy atom. The van der Waals surface area contributed by atoms with Gasteiger partial charge in [0.15, 0.2) is 5.82 Å². The van der Waals surface area contributed by atoms with Crippen LogP contribution in [0.5, 0.6) is 0 Å². The average Bonchev–Trinajstić information content (AvgIpc) is 3.27. The molecule has 1 amide bonds. The zero-order valence-corrected chi connectivity index (χ0v) is 16.9. The third-order valence-corrected chi connectivity index (χ3v) is 6.12. The van der Waals surface area contributed by atoms with E-state index in [2.05, 4.69) is 25.3 Å². The number of amides is 1. The lowest BCUT2D eigenvalue weighted by Crippen LogP contribution is -2.56. The van der Waals surface area contributed by atoms with E-state index in [9.17, 15) is 9.18 Å². The van der Waals surface area contributed by atoms with Gasteiger partial charge in [-0.25, -0.2) is 19.0 Å². The van der Waals surface area contributed by atoms with Crippen molar-refractivity contribution in [3.63, 3.8) is 0 Å². The van der Waals surface area contributed by atoms with Gasteiger partial charge in [-0.2, -0.15) is 5.10 Å². The van der Waals surface area contributed by atoms with Gasteiger partial charge >= 0.3 is 0 Å². The van der Waals surface area contributed by atoms with E-state index in [4.69, 9.17) is 0 Å². The van der Waals surface area contributed by atoms with Crippen LogP contribution in [0.1, 0.15) is 24.5 Å². The van der Waals surface area contributed by atoms with Crippen molar-refractivity contribution in [3.05, 3.63) is 54.1 Å². The van der Waals surface area contributed by atoms with Crippen molar-refractivity contribution in [2.75, 3.05) is 13.1 Å². The van der Waals surface area contributed by atoms with Crippen LogP contribution >= 0.6 is 0 Å². The lowest BCUT2D eigenvalue weighted by Gasteiger charge is -2.41. The number of carbonyl (C=O) groups excluding carboxylic acids is 1. The normalized spacial score (nSPS) is 18.8. The summed E-state index contributed by atoms with van der Waals surface area (Å²) in [7, 11) is 2.00. The predicted molar refractivity (Wildman–Crippen MR) is 108 cm³/mol. The van der Waals surface area contributed by atoms with Crippen LogP contribution in [-0.4, -0.2) is 53.8 Å². The Bertz CT molecular complexity index is 1080. The third kappa shape index (κ3) is 3.60. The smallest absolute Gasteiger partial charge is 0.242 e. The van der Waals surface area contributed by atoms with Gasteiger partial charge < -0.3 is 9.88 Å². The van der Waals surface area contributed by atoms with E-state index in [-0.39, 0.29) is 23.8 Å². The number of carbonyl (C=O) groups is 1. The Morgan fingerprint density at radius 2 is 2.10 bits per heavy atom. The fourth-order valence-electron chi connectivity index (χ4n) is 4.39. The molecule has 9 heteroatoms. The number of aromatic nitrogens is 5.